The SMILES string of the molecule is FC(F)c1ccc2ncc(-c3cccc(NC4CCNCC4F)n3)n2c1. The van der Waals surface area contributed by atoms with Crippen LogP contribution >= 0.6 is 0 Å². The summed E-state index contributed by atoms with van der Waals surface area (Å²) < 4.78 is 41.6. The molecule has 1 saturated heterocycles. The predicted molar refractivity (Wildman–Crippen MR) is 93.2 cm³/mol. The molecule has 2 atom stereocenters. The molecule has 2 unspecified atom stereocenters. The van der Waals surface area contributed by atoms with Crippen molar-refractivity contribution in [2.45, 2.75) is 25.1 Å². The fourth-order valence-electron chi connectivity index (χ4n) is 3.15. The van der Waals surface area contributed by atoms with Crippen LogP contribution in [0.1, 0.15) is 18.4 Å². The first kappa shape index (κ1) is 16.8. The van der Waals surface area contributed by atoms with E-state index in [1.807, 2.05) is 0 Å². The van der Waals surface area contributed by atoms with Gasteiger partial charge in [-0.15, -0.1) is 0 Å². The van der Waals surface area contributed by atoms with E-state index in [1.165, 1.54) is 12.3 Å². The van der Waals surface area contributed by atoms with Crippen LogP contribution in [0.4, 0.5) is 19.0 Å². The summed E-state index contributed by atoms with van der Waals surface area (Å²) in [4.78, 5) is 8.76. The second kappa shape index (κ2) is 6.95. The molecule has 4 heterocycles. The zero-order chi connectivity index (χ0) is 18.1. The van der Waals surface area contributed by atoms with Crippen molar-refractivity contribution in [3.63, 3.8) is 0 Å². The van der Waals surface area contributed by atoms with Gasteiger partial charge in [-0.25, -0.2) is 23.1 Å². The molecule has 1 aliphatic rings. The highest BCUT2D eigenvalue weighted by Crippen LogP contribution is 2.25. The van der Waals surface area contributed by atoms with E-state index in [0.29, 0.717) is 35.8 Å². The predicted octanol–water partition coefficient (Wildman–Crippen LogP) is 3.45. The Bertz CT molecular complexity index is 911. The number of halogens is 3. The quantitative estimate of drug-likeness (QED) is 0.747. The Morgan fingerprint density at radius 2 is 2.12 bits per heavy atom. The monoisotopic (exact) mass is 361 g/mol. The van der Waals surface area contributed by atoms with Gasteiger partial charge in [0, 0.05) is 18.3 Å². The van der Waals surface area contributed by atoms with Crippen molar-refractivity contribution in [1.29, 1.82) is 0 Å². The Morgan fingerprint density at radius 1 is 1.23 bits per heavy atom. The lowest BCUT2D eigenvalue weighted by Gasteiger charge is -2.27. The maximum Gasteiger partial charge on any atom is 0.265 e. The Kier molecular flexibility index (Phi) is 4.50. The molecular weight excluding hydrogens is 343 g/mol. The van der Waals surface area contributed by atoms with Gasteiger partial charge in [-0.2, -0.15) is 0 Å². The van der Waals surface area contributed by atoms with E-state index in [4.69, 9.17) is 0 Å². The summed E-state index contributed by atoms with van der Waals surface area (Å²) in [6.45, 7) is 1.07. The van der Waals surface area contributed by atoms with Crippen LogP contribution < -0.4 is 10.6 Å². The van der Waals surface area contributed by atoms with Gasteiger partial charge in [0.1, 0.15) is 17.6 Å². The molecule has 1 aliphatic heterocycles. The van der Waals surface area contributed by atoms with Crippen molar-refractivity contribution < 1.29 is 13.2 Å². The van der Waals surface area contributed by atoms with Gasteiger partial charge in [0.15, 0.2) is 0 Å². The zero-order valence-corrected chi connectivity index (χ0v) is 13.9. The molecule has 0 aromatic carbocycles. The first-order chi connectivity index (χ1) is 12.6. The average molecular weight is 361 g/mol. The summed E-state index contributed by atoms with van der Waals surface area (Å²) in [6, 6.07) is 7.96. The first-order valence-corrected chi connectivity index (χ1v) is 8.46. The number of fused-ring (bicyclic) bond motifs is 1. The second-order valence-electron chi connectivity index (χ2n) is 6.30. The molecular formula is C18H18F3N5. The number of hydrogen-bond acceptors (Lipinski definition) is 4. The molecule has 2 N–H and O–H groups in total. The highest BCUT2D eigenvalue weighted by molar-refractivity contribution is 5.62. The van der Waals surface area contributed by atoms with E-state index in [2.05, 4.69) is 20.6 Å². The van der Waals surface area contributed by atoms with E-state index in [9.17, 15) is 13.2 Å². The largest absolute Gasteiger partial charge is 0.364 e. The van der Waals surface area contributed by atoms with Crippen LogP contribution in [0.5, 0.6) is 0 Å². The van der Waals surface area contributed by atoms with Gasteiger partial charge in [-0.1, -0.05) is 6.07 Å². The lowest BCUT2D eigenvalue weighted by atomic mass is 10.1. The van der Waals surface area contributed by atoms with Crippen molar-refractivity contribution in [1.82, 2.24) is 19.7 Å². The third kappa shape index (κ3) is 3.24. The van der Waals surface area contributed by atoms with Crippen LogP contribution in [0.15, 0.2) is 42.7 Å². The van der Waals surface area contributed by atoms with Crippen LogP contribution in [-0.4, -0.2) is 39.7 Å². The minimum Gasteiger partial charge on any atom is -0.364 e. The summed E-state index contributed by atoms with van der Waals surface area (Å²) in [5.41, 5.74) is 1.67. The number of nitrogens with one attached hydrogen (secondary N) is 2. The zero-order valence-electron chi connectivity index (χ0n) is 13.9. The molecule has 0 radical (unpaired) electrons. The van der Waals surface area contributed by atoms with Gasteiger partial charge in [-0.3, -0.25) is 4.40 Å². The number of pyridine rings is 2. The van der Waals surface area contributed by atoms with E-state index in [-0.39, 0.29) is 11.6 Å². The summed E-state index contributed by atoms with van der Waals surface area (Å²) in [5, 5.41) is 6.15. The van der Waals surface area contributed by atoms with E-state index < -0.39 is 12.6 Å². The van der Waals surface area contributed by atoms with Crippen LogP contribution in [0.2, 0.25) is 0 Å². The van der Waals surface area contributed by atoms with E-state index in [0.717, 1.165) is 6.54 Å². The number of alkyl halides is 3. The van der Waals surface area contributed by atoms with Gasteiger partial charge < -0.3 is 10.6 Å². The van der Waals surface area contributed by atoms with Crippen LogP contribution in [0, 0.1) is 0 Å². The maximum atomic E-state index is 14.0. The van der Waals surface area contributed by atoms with Crippen molar-refractivity contribution in [3.05, 3.63) is 48.3 Å². The van der Waals surface area contributed by atoms with Crippen LogP contribution in [-0.2, 0) is 0 Å². The molecule has 3 aromatic rings. The van der Waals surface area contributed by atoms with Crippen molar-refractivity contribution in [3.8, 4) is 11.4 Å². The first-order valence-electron chi connectivity index (χ1n) is 8.46. The lowest BCUT2D eigenvalue weighted by Crippen LogP contribution is -2.45. The van der Waals surface area contributed by atoms with E-state index >= 15 is 0 Å². The van der Waals surface area contributed by atoms with Gasteiger partial charge in [-0.05, 0) is 37.2 Å². The van der Waals surface area contributed by atoms with Crippen LogP contribution in [0.3, 0.4) is 0 Å². The fraction of sp³-hybridized carbons (Fsp3) is 0.333. The Morgan fingerprint density at radius 3 is 2.92 bits per heavy atom. The molecule has 0 bridgehead atoms. The molecule has 1 fully saturated rings. The minimum absolute atomic E-state index is 0.0824. The molecule has 136 valence electrons. The molecule has 0 amide bonds. The third-order valence-corrected chi connectivity index (χ3v) is 4.53. The average Bonchev–Trinajstić information content (AvgIpc) is 3.07. The molecule has 3 aromatic heterocycles. The second-order valence-corrected chi connectivity index (χ2v) is 6.30. The number of nitrogens with zero attached hydrogens (tertiary/aromatic N) is 3. The summed E-state index contributed by atoms with van der Waals surface area (Å²) in [5.74, 6) is 0.553. The van der Waals surface area contributed by atoms with Gasteiger partial charge in [0.25, 0.3) is 6.43 Å². The highest BCUT2D eigenvalue weighted by Gasteiger charge is 2.24. The van der Waals surface area contributed by atoms with Gasteiger partial charge in [0.05, 0.1) is 23.6 Å². The highest BCUT2D eigenvalue weighted by atomic mass is 19.3. The number of piperidine rings is 1. The summed E-state index contributed by atoms with van der Waals surface area (Å²) in [6.07, 6.45) is 0.0873. The molecule has 0 aliphatic carbocycles. The molecule has 8 heteroatoms. The number of aromatic nitrogens is 3. The number of hydrogen-bond donors (Lipinski definition) is 2. The standard InChI is InChI=1S/C18H18F3N5/c19-12-8-22-7-6-13(12)24-16-3-1-2-14(25-16)15-9-23-17-5-4-11(18(20)21)10-26(15)17/h1-5,9-10,12-13,18,22H,6-8H2,(H,24,25). The van der Waals surface area contributed by atoms with Crippen molar-refractivity contribution in [2.24, 2.45) is 0 Å². The molecule has 0 spiro atoms. The minimum atomic E-state index is -2.56. The molecule has 0 saturated carbocycles. The topological polar surface area (TPSA) is 54.2 Å². The number of anilines is 1. The number of imidazole rings is 1. The Balaban J connectivity index is 1.66. The molecule has 26 heavy (non-hydrogen) atoms. The fourth-order valence-corrected chi connectivity index (χ4v) is 3.15. The van der Waals surface area contributed by atoms with Crippen molar-refractivity contribution >= 4 is 11.5 Å². The smallest absolute Gasteiger partial charge is 0.265 e. The summed E-state index contributed by atoms with van der Waals surface area (Å²) >= 11 is 0. The van der Waals surface area contributed by atoms with Crippen molar-refractivity contribution in [2.75, 3.05) is 18.4 Å². The molecule has 5 nitrogen and oxygen atoms in total. The van der Waals surface area contributed by atoms with E-state index in [1.54, 1.807) is 34.9 Å². The normalized spacial score (nSPS) is 20.6. The van der Waals surface area contributed by atoms with Crippen LogP contribution in [0.25, 0.3) is 17.0 Å². The Hall–Kier alpha value is -2.61. The Labute approximate surface area is 148 Å². The van der Waals surface area contributed by atoms with Gasteiger partial charge in [0.2, 0.25) is 0 Å². The van der Waals surface area contributed by atoms with Gasteiger partial charge >= 0.3 is 0 Å². The maximum absolute atomic E-state index is 14.0. The summed E-state index contributed by atoms with van der Waals surface area (Å²) in [7, 11) is 0. The molecule has 4 rings (SSSR count). The third-order valence-electron chi connectivity index (χ3n) is 4.53. The number of rotatable bonds is 4. The lowest BCUT2D eigenvalue weighted by molar-refractivity contribution is 0.151.